The molecule has 94 valence electrons. The minimum Gasteiger partial charge on any atom is -0.390 e. The Bertz CT molecular complexity index is 327. The van der Waals surface area contributed by atoms with Gasteiger partial charge in [0.05, 0.1) is 19.3 Å². The molecule has 2 rings (SSSR count). The lowest BCUT2D eigenvalue weighted by molar-refractivity contribution is -0.253. The molecule has 0 aliphatic carbocycles. The summed E-state index contributed by atoms with van der Waals surface area (Å²) >= 11 is 0. The van der Waals surface area contributed by atoms with Crippen LogP contribution in [-0.2, 0) is 20.8 Å². The van der Waals surface area contributed by atoms with E-state index in [0.29, 0.717) is 19.6 Å². The van der Waals surface area contributed by atoms with Crippen LogP contribution in [0.15, 0.2) is 30.3 Å². The van der Waals surface area contributed by atoms with Crippen molar-refractivity contribution >= 4 is 0 Å². The van der Waals surface area contributed by atoms with Gasteiger partial charge in [-0.15, -0.1) is 0 Å². The highest BCUT2D eigenvalue weighted by molar-refractivity contribution is 5.13. The Morgan fingerprint density at radius 3 is 2.82 bits per heavy atom. The molecule has 0 spiro atoms. The van der Waals surface area contributed by atoms with Gasteiger partial charge in [-0.25, -0.2) is 0 Å². The highest BCUT2D eigenvalue weighted by Gasteiger charge is 2.33. The van der Waals surface area contributed by atoms with Crippen LogP contribution in [0.2, 0.25) is 0 Å². The van der Waals surface area contributed by atoms with E-state index in [2.05, 4.69) is 0 Å². The van der Waals surface area contributed by atoms with E-state index in [4.69, 9.17) is 14.2 Å². The van der Waals surface area contributed by atoms with Crippen molar-refractivity contribution in [3.63, 3.8) is 0 Å². The second-order valence-electron chi connectivity index (χ2n) is 4.09. The summed E-state index contributed by atoms with van der Waals surface area (Å²) in [6.45, 7) is 0.957. The summed E-state index contributed by atoms with van der Waals surface area (Å²) in [6.07, 6.45) is -0.838. The number of hydrogen-bond donors (Lipinski definition) is 1. The van der Waals surface area contributed by atoms with Crippen LogP contribution in [-0.4, -0.2) is 37.3 Å². The molecule has 0 radical (unpaired) electrons. The summed E-state index contributed by atoms with van der Waals surface area (Å²) in [6, 6.07) is 9.86. The SMILES string of the molecule is CO[C@@H]1[C@H](OCc2ccccc2)OCC[C@H]1O. The van der Waals surface area contributed by atoms with Gasteiger partial charge >= 0.3 is 0 Å². The van der Waals surface area contributed by atoms with Crippen molar-refractivity contribution in [3.05, 3.63) is 35.9 Å². The van der Waals surface area contributed by atoms with Crippen LogP contribution in [0.1, 0.15) is 12.0 Å². The quantitative estimate of drug-likeness (QED) is 0.859. The standard InChI is InChI=1S/C13H18O4/c1-15-12-11(14)7-8-16-13(12)17-9-10-5-3-2-4-6-10/h2-6,11-14H,7-9H2,1H3/t11-,12+,13+/m1/s1. The van der Waals surface area contributed by atoms with Crippen molar-refractivity contribution in [2.75, 3.05) is 13.7 Å². The van der Waals surface area contributed by atoms with Crippen LogP contribution < -0.4 is 0 Å². The minimum absolute atomic E-state index is 0.410. The van der Waals surface area contributed by atoms with Crippen molar-refractivity contribution in [1.82, 2.24) is 0 Å². The van der Waals surface area contributed by atoms with Crippen molar-refractivity contribution in [2.45, 2.75) is 31.5 Å². The third-order valence-corrected chi connectivity index (χ3v) is 2.87. The molecule has 0 amide bonds. The van der Waals surface area contributed by atoms with Crippen LogP contribution in [0.25, 0.3) is 0 Å². The molecular formula is C13H18O4. The molecule has 17 heavy (non-hydrogen) atoms. The van der Waals surface area contributed by atoms with Crippen LogP contribution in [0.3, 0.4) is 0 Å². The largest absolute Gasteiger partial charge is 0.390 e. The third-order valence-electron chi connectivity index (χ3n) is 2.87. The third kappa shape index (κ3) is 3.26. The van der Waals surface area contributed by atoms with E-state index in [-0.39, 0.29) is 0 Å². The van der Waals surface area contributed by atoms with Gasteiger partial charge in [-0.3, -0.25) is 0 Å². The average Bonchev–Trinajstić information content (AvgIpc) is 2.37. The summed E-state index contributed by atoms with van der Waals surface area (Å²) in [4.78, 5) is 0. The number of aliphatic hydroxyl groups is 1. The van der Waals surface area contributed by atoms with E-state index in [9.17, 15) is 5.11 Å². The smallest absolute Gasteiger partial charge is 0.186 e. The fourth-order valence-electron chi connectivity index (χ4n) is 1.91. The van der Waals surface area contributed by atoms with E-state index < -0.39 is 18.5 Å². The predicted octanol–water partition coefficient (Wildman–Crippen LogP) is 1.33. The number of rotatable bonds is 4. The molecule has 3 atom stereocenters. The first-order valence-electron chi connectivity index (χ1n) is 5.79. The maximum Gasteiger partial charge on any atom is 0.186 e. The fourth-order valence-corrected chi connectivity index (χ4v) is 1.91. The Morgan fingerprint density at radius 2 is 2.12 bits per heavy atom. The molecule has 0 aromatic heterocycles. The maximum absolute atomic E-state index is 9.75. The predicted molar refractivity (Wildman–Crippen MR) is 62.4 cm³/mol. The Hall–Kier alpha value is -0.940. The Kier molecular flexibility index (Phi) is 4.50. The second kappa shape index (κ2) is 6.12. The van der Waals surface area contributed by atoms with Gasteiger partial charge < -0.3 is 19.3 Å². The van der Waals surface area contributed by atoms with Gasteiger partial charge in [0.1, 0.15) is 6.10 Å². The molecule has 0 unspecified atom stereocenters. The molecule has 1 heterocycles. The van der Waals surface area contributed by atoms with Crippen LogP contribution in [0, 0.1) is 0 Å². The zero-order valence-electron chi connectivity index (χ0n) is 9.91. The lowest BCUT2D eigenvalue weighted by Crippen LogP contribution is -2.46. The zero-order chi connectivity index (χ0) is 12.1. The van der Waals surface area contributed by atoms with E-state index in [1.54, 1.807) is 7.11 Å². The molecule has 1 aliphatic rings. The normalized spacial score (nSPS) is 29.2. The first-order valence-corrected chi connectivity index (χ1v) is 5.79. The topological polar surface area (TPSA) is 47.9 Å². The first-order chi connectivity index (χ1) is 8.31. The second-order valence-corrected chi connectivity index (χ2v) is 4.09. The van der Waals surface area contributed by atoms with E-state index >= 15 is 0 Å². The minimum atomic E-state index is -0.519. The molecule has 1 aromatic carbocycles. The fraction of sp³-hybridized carbons (Fsp3) is 0.538. The zero-order valence-corrected chi connectivity index (χ0v) is 9.91. The van der Waals surface area contributed by atoms with Gasteiger partial charge in [0, 0.05) is 7.11 Å². The number of ether oxygens (including phenoxy) is 3. The van der Waals surface area contributed by atoms with E-state index in [1.807, 2.05) is 30.3 Å². The Morgan fingerprint density at radius 1 is 1.35 bits per heavy atom. The molecular weight excluding hydrogens is 220 g/mol. The van der Waals surface area contributed by atoms with Gasteiger partial charge in [0.25, 0.3) is 0 Å². The molecule has 1 N–H and O–H groups in total. The summed E-state index contributed by atoms with van der Waals surface area (Å²) in [5.74, 6) is 0. The van der Waals surface area contributed by atoms with Gasteiger partial charge in [-0.05, 0) is 12.0 Å². The first kappa shape index (κ1) is 12.5. The molecule has 4 nitrogen and oxygen atoms in total. The average molecular weight is 238 g/mol. The summed E-state index contributed by atoms with van der Waals surface area (Å²) in [7, 11) is 1.56. The van der Waals surface area contributed by atoms with Crippen LogP contribution in [0.5, 0.6) is 0 Å². The van der Waals surface area contributed by atoms with Gasteiger partial charge in [0.2, 0.25) is 0 Å². The number of methoxy groups -OCH3 is 1. The summed E-state index contributed by atoms with van der Waals surface area (Å²) < 4.78 is 16.3. The van der Waals surface area contributed by atoms with Crippen LogP contribution >= 0.6 is 0 Å². The van der Waals surface area contributed by atoms with Crippen molar-refractivity contribution in [2.24, 2.45) is 0 Å². The summed E-state index contributed by atoms with van der Waals surface area (Å²) in [5.41, 5.74) is 1.08. The van der Waals surface area contributed by atoms with Gasteiger partial charge in [-0.1, -0.05) is 30.3 Å². The molecule has 0 saturated carbocycles. The Labute approximate surface area is 101 Å². The molecule has 4 heteroatoms. The number of benzene rings is 1. The molecule has 1 aromatic rings. The highest BCUT2D eigenvalue weighted by atomic mass is 16.7. The lowest BCUT2D eigenvalue weighted by atomic mass is 10.1. The monoisotopic (exact) mass is 238 g/mol. The summed E-state index contributed by atoms with van der Waals surface area (Å²) in [5, 5.41) is 9.75. The van der Waals surface area contributed by atoms with Gasteiger partial charge in [0.15, 0.2) is 6.29 Å². The van der Waals surface area contributed by atoms with Crippen molar-refractivity contribution in [3.8, 4) is 0 Å². The molecule has 1 aliphatic heterocycles. The van der Waals surface area contributed by atoms with E-state index in [0.717, 1.165) is 5.56 Å². The van der Waals surface area contributed by atoms with Gasteiger partial charge in [-0.2, -0.15) is 0 Å². The molecule has 1 fully saturated rings. The number of hydrogen-bond acceptors (Lipinski definition) is 4. The van der Waals surface area contributed by atoms with E-state index in [1.165, 1.54) is 0 Å². The number of aliphatic hydroxyl groups excluding tert-OH is 1. The van der Waals surface area contributed by atoms with Crippen LogP contribution in [0.4, 0.5) is 0 Å². The maximum atomic E-state index is 9.75. The Balaban J connectivity index is 1.89. The lowest BCUT2D eigenvalue weighted by Gasteiger charge is -2.34. The van der Waals surface area contributed by atoms with Crippen molar-refractivity contribution in [1.29, 1.82) is 0 Å². The highest BCUT2D eigenvalue weighted by Crippen LogP contribution is 2.19. The molecule has 0 bridgehead atoms. The van der Waals surface area contributed by atoms with Crippen molar-refractivity contribution < 1.29 is 19.3 Å². The molecule has 1 saturated heterocycles.